The van der Waals surface area contributed by atoms with Crippen LogP contribution in [0.2, 0.25) is 0 Å². The summed E-state index contributed by atoms with van der Waals surface area (Å²) >= 11 is 3.15. The Morgan fingerprint density at radius 3 is 2.34 bits per heavy atom. The molecule has 1 aromatic heterocycles. The first-order valence-electron chi connectivity index (χ1n) is 8.69. The number of nitrogens with one attached hydrogen (secondary N) is 3. The second-order valence-electron chi connectivity index (χ2n) is 6.15. The van der Waals surface area contributed by atoms with Gasteiger partial charge in [-0.25, -0.2) is 0 Å². The van der Waals surface area contributed by atoms with E-state index in [1.54, 1.807) is 62.5 Å². The highest BCUT2D eigenvalue weighted by Crippen LogP contribution is 2.21. The predicted molar refractivity (Wildman–Crippen MR) is 113 cm³/mol. The van der Waals surface area contributed by atoms with E-state index in [4.69, 9.17) is 4.42 Å². The standard InChI is InChI=1S/C21H18BrN3O4/c1-12-15(20(27)23-2)7-4-8-16(12)25-19(26)13-5-3-6-14(11-13)24-21(28)17-9-10-18(22)29-17/h3-11H,1-2H3,(H,23,27)(H,24,28)(H,25,26). The number of halogens is 1. The third-order valence-corrected chi connectivity index (χ3v) is 4.66. The van der Waals surface area contributed by atoms with E-state index in [0.717, 1.165) is 0 Å². The Labute approximate surface area is 175 Å². The van der Waals surface area contributed by atoms with Gasteiger partial charge in [0, 0.05) is 29.5 Å². The summed E-state index contributed by atoms with van der Waals surface area (Å²) in [5.74, 6) is -0.873. The van der Waals surface area contributed by atoms with Crippen molar-refractivity contribution in [2.45, 2.75) is 6.92 Å². The molecule has 148 valence electrons. The largest absolute Gasteiger partial charge is 0.444 e. The molecule has 0 saturated carbocycles. The molecule has 3 amide bonds. The minimum Gasteiger partial charge on any atom is -0.444 e. The van der Waals surface area contributed by atoms with Crippen molar-refractivity contribution in [2.24, 2.45) is 0 Å². The molecule has 0 radical (unpaired) electrons. The predicted octanol–water partition coefficient (Wildman–Crippen LogP) is 4.21. The molecule has 0 saturated heterocycles. The molecule has 0 atom stereocenters. The van der Waals surface area contributed by atoms with E-state index in [2.05, 4.69) is 31.9 Å². The van der Waals surface area contributed by atoms with Crippen molar-refractivity contribution < 1.29 is 18.8 Å². The van der Waals surface area contributed by atoms with Gasteiger partial charge in [0.25, 0.3) is 17.7 Å². The van der Waals surface area contributed by atoms with E-state index < -0.39 is 5.91 Å². The Bertz CT molecular complexity index is 1090. The smallest absolute Gasteiger partial charge is 0.291 e. The number of anilines is 2. The van der Waals surface area contributed by atoms with Gasteiger partial charge in [0.05, 0.1) is 0 Å². The molecule has 0 bridgehead atoms. The third kappa shape index (κ3) is 4.72. The van der Waals surface area contributed by atoms with E-state index in [1.807, 2.05) is 0 Å². The second kappa shape index (κ2) is 8.74. The Kier molecular flexibility index (Phi) is 6.13. The SMILES string of the molecule is CNC(=O)c1cccc(NC(=O)c2cccc(NC(=O)c3ccc(Br)o3)c2)c1C. The van der Waals surface area contributed by atoms with Crippen LogP contribution in [0.15, 0.2) is 63.7 Å². The van der Waals surface area contributed by atoms with E-state index in [9.17, 15) is 14.4 Å². The summed E-state index contributed by atoms with van der Waals surface area (Å²) in [5, 5.41) is 8.06. The van der Waals surface area contributed by atoms with Gasteiger partial charge < -0.3 is 20.4 Å². The van der Waals surface area contributed by atoms with Crippen molar-refractivity contribution >= 4 is 45.0 Å². The van der Waals surface area contributed by atoms with Crippen LogP contribution >= 0.6 is 15.9 Å². The minimum absolute atomic E-state index is 0.147. The maximum Gasteiger partial charge on any atom is 0.291 e. The Morgan fingerprint density at radius 1 is 0.897 bits per heavy atom. The quantitative estimate of drug-likeness (QED) is 0.536. The van der Waals surface area contributed by atoms with E-state index in [-0.39, 0.29) is 17.6 Å². The molecular formula is C21H18BrN3O4. The summed E-state index contributed by atoms with van der Waals surface area (Å²) in [6.45, 7) is 1.76. The number of benzene rings is 2. The summed E-state index contributed by atoms with van der Waals surface area (Å²) in [4.78, 5) is 36.8. The second-order valence-corrected chi connectivity index (χ2v) is 6.93. The van der Waals surface area contributed by atoms with Gasteiger partial charge in [0.1, 0.15) is 0 Å². The molecule has 0 spiro atoms. The number of carbonyl (C=O) groups is 3. The van der Waals surface area contributed by atoms with Gasteiger partial charge in [-0.15, -0.1) is 0 Å². The first kappa shape index (κ1) is 20.3. The van der Waals surface area contributed by atoms with Gasteiger partial charge >= 0.3 is 0 Å². The van der Waals surface area contributed by atoms with Crippen LogP contribution in [0.1, 0.15) is 36.8 Å². The molecule has 2 aromatic carbocycles. The molecule has 29 heavy (non-hydrogen) atoms. The molecule has 3 aromatic rings. The van der Waals surface area contributed by atoms with Crippen LogP contribution in [0, 0.1) is 6.92 Å². The summed E-state index contributed by atoms with van der Waals surface area (Å²) in [7, 11) is 1.55. The number of rotatable bonds is 5. The Hall–Kier alpha value is -3.39. The lowest BCUT2D eigenvalue weighted by atomic mass is 10.1. The normalized spacial score (nSPS) is 10.3. The van der Waals surface area contributed by atoms with Crippen molar-refractivity contribution in [3.63, 3.8) is 0 Å². The van der Waals surface area contributed by atoms with Gasteiger partial charge in [-0.3, -0.25) is 14.4 Å². The monoisotopic (exact) mass is 455 g/mol. The molecule has 8 heteroatoms. The number of hydrogen-bond acceptors (Lipinski definition) is 4. The van der Waals surface area contributed by atoms with Crippen molar-refractivity contribution in [2.75, 3.05) is 17.7 Å². The summed E-state index contributed by atoms with van der Waals surface area (Å²) in [6.07, 6.45) is 0. The molecule has 1 heterocycles. The fraction of sp³-hybridized carbons (Fsp3) is 0.0952. The van der Waals surface area contributed by atoms with Crippen LogP contribution < -0.4 is 16.0 Å². The molecule has 3 rings (SSSR count). The summed E-state index contributed by atoms with van der Waals surface area (Å²) in [6, 6.07) is 14.8. The van der Waals surface area contributed by atoms with E-state index in [0.29, 0.717) is 32.7 Å². The Morgan fingerprint density at radius 2 is 1.66 bits per heavy atom. The van der Waals surface area contributed by atoms with Crippen molar-refractivity contribution in [1.29, 1.82) is 0 Å². The molecular weight excluding hydrogens is 438 g/mol. The topological polar surface area (TPSA) is 100 Å². The van der Waals surface area contributed by atoms with Crippen LogP contribution in [0.5, 0.6) is 0 Å². The molecule has 7 nitrogen and oxygen atoms in total. The van der Waals surface area contributed by atoms with Crippen molar-refractivity contribution in [3.05, 3.63) is 81.7 Å². The Balaban J connectivity index is 1.76. The molecule has 0 aliphatic carbocycles. The van der Waals surface area contributed by atoms with Crippen molar-refractivity contribution in [1.82, 2.24) is 5.32 Å². The molecule has 0 aliphatic heterocycles. The molecule has 0 aliphatic rings. The fourth-order valence-corrected chi connectivity index (χ4v) is 3.02. The zero-order chi connectivity index (χ0) is 21.0. The summed E-state index contributed by atoms with van der Waals surface area (Å²) in [5.41, 5.74) is 2.48. The van der Waals surface area contributed by atoms with Crippen LogP contribution in [0.4, 0.5) is 11.4 Å². The van der Waals surface area contributed by atoms with Gasteiger partial charge in [0.2, 0.25) is 0 Å². The molecule has 0 unspecified atom stereocenters. The first-order chi connectivity index (χ1) is 13.9. The zero-order valence-electron chi connectivity index (χ0n) is 15.7. The van der Waals surface area contributed by atoms with E-state index in [1.165, 1.54) is 6.07 Å². The highest BCUT2D eigenvalue weighted by molar-refractivity contribution is 9.10. The highest BCUT2D eigenvalue weighted by Gasteiger charge is 2.15. The van der Waals surface area contributed by atoms with Crippen LogP contribution in [0.3, 0.4) is 0 Å². The minimum atomic E-state index is -0.428. The zero-order valence-corrected chi connectivity index (χ0v) is 17.3. The lowest BCUT2D eigenvalue weighted by molar-refractivity contribution is 0.0959. The molecule has 3 N–H and O–H groups in total. The average Bonchev–Trinajstić information content (AvgIpc) is 3.15. The van der Waals surface area contributed by atoms with E-state index >= 15 is 0 Å². The molecule has 0 fully saturated rings. The number of hydrogen-bond donors (Lipinski definition) is 3. The van der Waals surface area contributed by atoms with Crippen LogP contribution in [-0.4, -0.2) is 24.8 Å². The number of carbonyl (C=O) groups excluding carboxylic acids is 3. The van der Waals surface area contributed by atoms with Gasteiger partial charge in [0.15, 0.2) is 10.4 Å². The van der Waals surface area contributed by atoms with Crippen molar-refractivity contribution in [3.8, 4) is 0 Å². The lowest BCUT2D eigenvalue weighted by Crippen LogP contribution is -2.20. The van der Waals surface area contributed by atoms with Crippen LogP contribution in [0.25, 0.3) is 0 Å². The average molecular weight is 456 g/mol. The summed E-state index contributed by atoms with van der Waals surface area (Å²) < 4.78 is 5.67. The van der Waals surface area contributed by atoms with Gasteiger partial charge in [-0.2, -0.15) is 0 Å². The first-order valence-corrected chi connectivity index (χ1v) is 9.48. The van der Waals surface area contributed by atoms with Gasteiger partial charge in [-0.05, 0) is 70.9 Å². The maximum atomic E-state index is 12.7. The highest BCUT2D eigenvalue weighted by atomic mass is 79.9. The number of amides is 3. The third-order valence-electron chi connectivity index (χ3n) is 4.23. The van der Waals surface area contributed by atoms with Gasteiger partial charge in [-0.1, -0.05) is 12.1 Å². The fourth-order valence-electron chi connectivity index (χ4n) is 2.71. The van der Waals surface area contributed by atoms with Crippen LogP contribution in [-0.2, 0) is 0 Å². The number of furan rings is 1. The maximum absolute atomic E-state index is 12.7. The lowest BCUT2D eigenvalue weighted by Gasteiger charge is -2.12.